The Balaban J connectivity index is 2.29. The van der Waals surface area contributed by atoms with Crippen molar-refractivity contribution in [3.05, 3.63) is 35.4 Å². The van der Waals surface area contributed by atoms with Crippen molar-refractivity contribution in [3.63, 3.8) is 0 Å². The van der Waals surface area contributed by atoms with E-state index in [1.54, 1.807) is 24.3 Å². The lowest BCUT2D eigenvalue weighted by molar-refractivity contribution is -0.115. The summed E-state index contributed by atoms with van der Waals surface area (Å²) in [6, 6.07) is 8.13. The fourth-order valence-corrected chi connectivity index (χ4v) is 1.73. The molecule has 0 radical (unpaired) electrons. The van der Waals surface area contributed by atoms with Crippen LogP contribution in [0.2, 0.25) is 5.02 Å². The number of halogens is 4. The molecule has 1 heterocycles. The predicted molar refractivity (Wildman–Crippen MR) is 71.4 cm³/mol. The molecule has 0 fully saturated rings. The molecule has 106 valence electrons. The lowest BCUT2D eigenvalue weighted by atomic mass is 10.1. The molecule has 20 heavy (non-hydrogen) atoms. The number of nitrogens with one attached hydrogen (secondary N) is 1. The third kappa shape index (κ3) is 3.99. The van der Waals surface area contributed by atoms with Gasteiger partial charge in [-0.15, -0.1) is 0 Å². The quantitative estimate of drug-likeness (QED) is 0.912. The highest BCUT2D eigenvalue weighted by atomic mass is 35.5. The number of aromatic nitrogens is 2. The number of hydrogen-bond acceptors (Lipinski definition) is 4. The van der Waals surface area contributed by atoms with E-state index < -0.39 is 12.7 Å². The lowest BCUT2D eigenvalue weighted by Crippen LogP contribution is -2.22. The van der Waals surface area contributed by atoms with Gasteiger partial charge in [0.25, 0.3) is 0 Å². The van der Waals surface area contributed by atoms with E-state index in [9.17, 15) is 13.2 Å². The average molecular weight is 303 g/mol. The van der Waals surface area contributed by atoms with Gasteiger partial charge in [0, 0.05) is 16.7 Å². The third-order valence-corrected chi connectivity index (χ3v) is 2.57. The van der Waals surface area contributed by atoms with Crippen LogP contribution in [0.5, 0.6) is 0 Å². The molecule has 0 aliphatic heterocycles. The van der Waals surface area contributed by atoms with Gasteiger partial charge in [0.05, 0.1) is 5.69 Å². The van der Waals surface area contributed by atoms with Crippen LogP contribution >= 0.6 is 11.6 Å². The van der Waals surface area contributed by atoms with Gasteiger partial charge in [-0.1, -0.05) is 23.7 Å². The van der Waals surface area contributed by atoms with Crippen molar-refractivity contribution in [2.75, 3.05) is 17.6 Å². The molecule has 2 aromatic rings. The summed E-state index contributed by atoms with van der Waals surface area (Å²) < 4.78 is 36.5. The monoisotopic (exact) mass is 302 g/mol. The number of rotatable bonds is 3. The van der Waals surface area contributed by atoms with Gasteiger partial charge >= 0.3 is 6.18 Å². The second-order valence-corrected chi connectivity index (χ2v) is 4.41. The lowest BCUT2D eigenvalue weighted by Gasteiger charge is -2.10. The molecule has 8 heteroatoms. The van der Waals surface area contributed by atoms with Gasteiger partial charge in [0.2, 0.25) is 5.95 Å². The average Bonchev–Trinajstić information content (AvgIpc) is 2.35. The normalized spacial score (nSPS) is 11.4. The van der Waals surface area contributed by atoms with Crippen LogP contribution < -0.4 is 11.1 Å². The Labute approximate surface area is 117 Å². The third-order valence-electron chi connectivity index (χ3n) is 2.33. The molecular weight excluding hydrogens is 293 g/mol. The standard InChI is InChI=1S/C12H10ClF3N4/c13-8-3-1-2-7(4-8)9-5-10(20-11(17)19-9)18-6-12(14,15)16/h1-5H,6H2,(H3,17,18,19,20). The van der Waals surface area contributed by atoms with Crippen LogP contribution in [0.15, 0.2) is 30.3 Å². The van der Waals surface area contributed by atoms with E-state index in [1.807, 2.05) is 0 Å². The van der Waals surface area contributed by atoms with Crippen molar-refractivity contribution in [2.24, 2.45) is 0 Å². The SMILES string of the molecule is Nc1nc(NCC(F)(F)F)cc(-c2cccc(Cl)c2)n1. The van der Waals surface area contributed by atoms with Crippen molar-refractivity contribution in [2.45, 2.75) is 6.18 Å². The highest BCUT2D eigenvalue weighted by molar-refractivity contribution is 6.30. The molecule has 0 bridgehead atoms. The summed E-state index contributed by atoms with van der Waals surface area (Å²) in [5.41, 5.74) is 6.53. The minimum absolute atomic E-state index is 0.00444. The second kappa shape index (κ2) is 5.54. The summed E-state index contributed by atoms with van der Waals surface area (Å²) in [6.45, 7) is -1.20. The molecule has 0 spiro atoms. The van der Waals surface area contributed by atoms with Crippen LogP contribution in [0.25, 0.3) is 11.3 Å². The van der Waals surface area contributed by atoms with E-state index in [2.05, 4.69) is 15.3 Å². The van der Waals surface area contributed by atoms with Gasteiger partial charge in [0.15, 0.2) is 0 Å². The molecule has 3 N–H and O–H groups in total. The summed E-state index contributed by atoms with van der Waals surface area (Å²) >= 11 is 5.86. The van der Waals surface area contributed by atoms with E-state index in [0.29, 0.717) is 16.3 Å². The number of alkyl halides is 3. The molecule has 0 atom stereocenters. The zero-order valence-corrected chi connectivity index (χ0v) is 10.8. The van der Waals surface area contributed by atoms with Crippen molar-refractivity contribution in [1.29, 1.82) is 0 Å². The predicted octanol–water partition coefficient (Wildman–Crippen LogP) is 3.35. The van der Waals surface area contributed by atoms with Crippen molar-refractivity contribution < 1.29 is 13.2 Å². The van der Waals surface area contributed by atoms with E-state index in [1.165, 1.54) is 6.07 Å². The van der Waals surface area contributed by atoms with Gasteiger partial charge in [-0.3, -0.25) is 0 Å². The van der Waals surface area contributed by atoms with Crippen LogP contribution in [0.3, 0.4) is 0 Å². The van der Waals surface area contributed by atoms with Crippen LogP contribution in [0, 0.1) is 0 Å². The number of nitrogens with two attached hydrogens (primary N) is 1. The van der Waals surface area contributed by atoms with Gasteiger partial charge in [-0.2, -0.15) is 18.2 Å². The highest BCUT2D eigenvalue weighted by Crippen LogP contribution is 2.24. The number of anilines is 2. The van der Waals surface area contributed by atoms with E-state index in [-0.39, 0.29) is 11.8 Å². The highest BCUT2D eigenvalue weighted by Gasteiger charge is 2.26. The van der Waals surface area contributed by atoms with E-state index in [4.69, 9.17) is 17.3 Å². The molecule has 0 aliphatic rings. The summed E-state index contributed by atoms with van der Waals surface area (Å²) in [5, 5.41) is 2.65. The first-order chi connectivity index (χ1) is 9.33. The Bertz CT molecular complexity index is 616. The minimum atomic E-state index is -4.34. The molecule has 0 aliphatic carbocycles. The molecule has 1 aromatic carbocycles. The second-order valence-electron chi connectivity index (χ2n) is 3.98. The number of hydrogen-bond donors (Lipinski definition) is 2. The Morgan fingerprint density at radius 2 is 1.95 bits per heavy atom. The fraction of sp³-hybridized carbons (Fsp3) is 0.167. The zero-order valence-electron chi connectivity index (χ0n) is 10.1. The Morgan fingerprint density at radius 1 is 1.20 bits per heavy atom. The Hall–Kier alpha value is -2.02. The molecule has 0 amide bonds. The first-order valence-corrected chi connectivity index (χ1v) is 5.92. The fourth-order valence-electron chi connectivity index (χ4n) is 1.54. The van der Waals surface area contributed by atoms with Gasteiger partial charge in [-0.05, 0) is 12.1 Å². The first-order valence-electron chi connectivity index (χ1n) is 5.54. The van der Waals surface area contributed by atoms with Crippen molar-refractivity contribution >= 4 is 23.4 Å². The van der Waals surface area contributed by atoms with Gasteiger partial charge in [0.1, 0.15) is 12.4 Å². The van der Waals surface area contributed by atoms with Crippen molar-refractivity contribution in [1.82, 2.24) is 9.97 Å². The molecule has 1 aromatic heterocycles. The molecule has 4 nitrogen and oxygen atoms in total. The molecule has 0 saturated carbocycles. The summed E-state index contributed by atoms with van der Waals surface area (Å²) in [7, 11) is 0. The summed E-state index contributed by atoms with van der Waals surface area (Å²) in [5.74, 6) is -0.114. The Morgan fingerprint density at radius 3 is 2.60 bits per heavy atom. The maximum atomic E-state index is 12.2. The van der Waals surface area contributed by atoms with Crippen LogP contribution in [0.4, 0.5) is 24.9 Å². The van der Waals surface area contributed by atoms with Crippen LogP contribution in [-0.2, 0) is 0 Å². The summed E-state index contributed by atoms with van der Waals surface area (Å²) in [6.07, 6.45) is -4.34. The van der Waals surface area contributed by atoms with Gasteiger partial charge < -0.3 is 11.1 Å². The largest absolute Gasteiger partial charge is 0.405 e. The number of benzene rings is 1. The minimum Gasteiger partial charge on any atom is -0.368 e. The number of nitrogen functional groups attached to an aromatic ring is 1. The zero-order chi connectivity index (χ0) is 14.8. The molecule has 0 saturated heterocycles. The van der Waals surface area contributed by atoms with Gasteiger partial charge in [-0.25, -0.2) is 4.98 Å². The molecular formula is C12H10ClF3N4. The number of nitrogens with zero attached hydrogens (tertiary/aromatic N) is 2. The molecule has 0 unspecified atom stereocenters. The van der Waals surface area contributed by atoms with Crippen LogP contribution in [-0.4, -0.2) is 22.7 Å². The maximum Gasteiger partial charge on any atom is 0.405 e. The first kappa shape index (κ1) is 14.4. The molecule has 2 rings (SSSR count). The van der Waals surface area contributed by atoms with Crippen molar-refractivity contribution in [3.8, 4) is 11.3 Å². The smallest absolute Gasteiger partial charge is 0.368 e. The topological polar surface area (TPSA) is 63.8 Å². The summed E-state index contributed by atoms with van der Waals surface area (Å²) in [4.78, 5) is 7.68. The van der Waals surface area contributed by atoms with E-state index in [0.717, 1.165) is 0 Å². The van der Waals surface area contributed by atoms with Crippen LogP contribution in [0.1, 0.15) is 0 Å². The van der Waals surface area contributed by atoms with E-state index >= 15 is 0 Å². The maximum absolute atomic E-state index is 12.2. The Kier molecular flexibility index (Phi) is 3.99.